The zero-order valence-corrected chi connectivity index (χ0v) is 12.8. The molecule has 5 heteroatoms. The predicted molar refractivity (Wildman–Crippen MR) is 81.6 cm³/mol. The first-order valence-electron chi connectivity index (χ1n) is 7.59. The minimum Gasteiger partial charge on any atom is -0.355 e. The number of amides is 1. The van der Waals surface area contributed by atoms with E-state index in [4.69, 9.17) is 0 Å². The maximum absolute atomic E-state index is 11.8. The number of carbonyl (C=O) groups is 1. The molecular weight excluding hydrogens is 258 g/mol. The molecule has 2 heterocycles. The number of thioether (sulfide) groups is 1. The minimum absolute atomic E-state index is 0.221. The van der Waals surface area contributed by atoms with Crippen LogP contribution in [0.25, 0.3) is 0 Å². The fraction of sp³-hybridized carbons (Fsp3) is 0.929. The average Bonchev–Trinajstić information content (AvgIpc) is 2.92. The first-order valence-corrected chi connectivity index (χ1v) is 8.64. The molecular formula is C14H27N3OS. The number of hydrogen-bond acceptors (Lipinski definition) is 4. The van der Waals surface area contributed by atoms with Gasteiger partial charge in [0.2, 0.25) is 5.91 Å². The van der Waals surface area contributed by atoms with E-state index < -0.39 is 0 Å². The van der Waals surface area contributed by atoms with Crippen molar-refractivity contribution < 1.29 is 4.79 Å². The molecule has 2 rings (SSSR count). The second-order valence-electron chi connectivity index (χ2n) is 5.61. The summed E-state index contributed by atoms with van der Waals surface area (Å²) in [4.78, 5) is 14.3. The summed E-state index contributed by atoms with van der Waals surface area (Å²) in [5.74, 6) is 1.51. The van der Waals surface area contributed by atoms with Gasteiger partial charge in [0.1, 0.15) is 0 Å². The monoisotopic (exact) mass is 285 g/mol. The Bertz CT molecular complexity index is 282. The summed E-state index contributed by atoms with van der Waals surface area (Å²) >= 11 is 1.83. The van der Waals surface area contributed by atoms with Crippen molar-refractivity contribution in [2.45, 2.75) is 31.4 Å². The van der Waals surface area contributed by atoms with E-state index in [0.29, 0.717) is 16.9 Å². The molecule has 110 valence electrons. The molecule has 1 amide bonds. The van der Waals surface area contributed by atoms with Gasteiger partial charge < -0.3 is 15.5 Å². The van der Waals surface area contributed by atoms with E-state index in [1.807, 2.05) is 11.8 Å². The van der Waals surface area contributed by atoms with Crippen LogP contribution in [0, 0.1) is 5.92 Å². The van der Waals surface area contributed by atoms with Crippen LogP contribution in [-0.2, 0) is 4.79 Å². The van der Waals surface area contributed by atoms with Crippen molar-refractivity contribution in [1.82, 2.24) is 15.5 Å². The first kappa shape index (κ1) is 15.1. The maximum atomic E-state index is 11.8. The van der Waals surface area contributed by atoms with Gasteiger partial charge in [-0.1, -0.05) is 6.92 Å². The first-order chi connectivity index (χ1) is 9.28. The third-order valence-corrected chi connectivity index (χ3v) is 5.51. The van der Waals surface area contributed by atoms with E-state index in [1.54, 1.807) is 0 Å². The van der Waals surface area contributed by atoms with Gasteiger partial charge in [-0.2, -0.15) is 0 Å². The Morgan fingerprint density at radius 3 is 2.84 bits per heavy atom. The van der Waals surface area contributed by atoms with Crippen LogP contribution in [0.5, 0.6) is 0 Å². The molecule has 0 aromatic heterocycles. The molecule has 2 N–H and O–H groups in total. The van der Waals surface area contributed by atoms with Crippen LogP contribution in [0.1, 0.15) is 26.2 Å². The molecule has 1 unspecified atom stereocenters. The summed E-state index contributed by atoms with van der Waals surface area (Å²) in [5.41, 5.74) is 0. The fourth-order valence-corrected chi connectivity index (χ4v) is 3.89. The highest BCUT2D eigenvalue weighted by Gasteiger charge is 2.21. The van der Waals surface area contributed by atoms with E-state index in [-0.39, 0.29) is 5.91 Å². The summed E-state index contributed by atoms with van der Waals surface area (Å²) in [6.45, 7) is 8.76. The van der Waals surface area contributed by atoms with Gasteiger partial charge in [-0.3, -0.25) is 4.79 Å². The Labute approximate surface area is 121 Å². The molecule has 2 fully saturated rings. The minimum atomic E-state index is 0.221. The van der Waals surface area contributed by atoms with E-state index in [2.05, 4.69) is 22.5 Å². The van der Waals surface area contributed by atoms with Gasteiger partial charge in [0.25, 0.3) is 0 Å². The summed E-state index contributed by atoms with van der Waals surface area (Å²) in [6.07, 6.45) is 3.63. The number of nitrogens with one attached hydrogen (secondary N) is 2. The van der Waals surface area contributed by atoms with Crippen LogP contribution in [0.3, 0.4) is 0 Å². The third-order valence-electron chi connectivity index (χ3n) is 4.14. The number of piperidine rings is 1. The number of carbonyl (C=O) groups excluding carboxylic acids is 1. The van der Waals surface area contributed by atoms with Gasteiger partial charge in [0, 0.05) is 18.3 Å². The van der Waals surface area contributed by atoms with Gasteiger partial charge in [-0.05, 0) is 51.4 Å². The molecule has 2 aliphatic heterocycles. The molecule has 4 nitrogen and oxygen atoms in total. The van der Waals surface area contributed by atoms with Crippen molar-refractivity contribution >= 4 is 17.7 Å². The van der Waals surface area contributed by atoms with E-state index in [0.717, 1.165) is 32.7 Å². The van der Waals surface area contributed by atoms with E-state index in [9.17, 15) is 4.79 Å². The highest BCUT2D eigenvalue weighted by atomic mass is 32.2. The molecule has 2 aliphatic rings. The second kappa shape index (κ2) is 8.12. The summed E-state index contributed by atoms with van der Waals surface area (Å²) in [7, 11) is 0. The maximum Gasteiger partial charge on any atom is 0.230 e. The SMILES string of the molecule is CCN1CCC(CNC(=O)CSC2CCNCC2)C1. The van der Waals surface area contributed by atoms with Crippen LogP contribution in [0.2, 0.25) is 0 Å². The molecule has 0 saturated carbocycles. The van der Waals surface area contributed by atoms with Crippen LogP contribution < -0.4 is 10.6 Å². The summed E-state index contributed by atoms with van der Waals surface area (Å²) < 4.78 is 0. The molecule has 0 aliphatic carbocycles. The van der Waals surface area contributed by atoms with Crippen molar-refractivity contribution in [2.75, 3.05) is 45.0 Å². The van der Waals surface area contributed by atoms with Crippen molar-refractivity contribution in [3.05, 3.63) is 0 Å². The highest BCUT2D eigenvalue weighted by Crippen LogP contribution is 2.20. The highest BCUT2D eigenvalue weighted by molar-refractivity contribution is 8.00. The van der Waals surface area contributed by atoms with Gasteiger partial charge in [-0.25, -0.2) is 0 Å². The lowest BCUT2D eigenvalue weighted by molar-refractivity contribution is -0.118. The molecule has 0 bridgehead atoms. The van der Waals surface area contributed by atoms with Crippen LogP contribution in [0.15, 0.2) is 0 Å². The molecule has 1 atom stereocenters. The van der Waals surface area contributed by atoms with Crippen molar-refractivity contribution in [3.63, 3.8) is 0 Å². The Hall–Kier alpha value is -0.260. The van der Waals surface area contributed by atoms with Crippen LogP contribution in [-0.4, -0.2) is 61.1 Å². The predicted octanol–water partition coefficient (Wildman–Crippen LogP) is 0.930. The lowest BCUT2D eigenvalue weighted by Gasteiger charge is -2.21. The molecule has 19 heavy (non-hydrogen) atoms. The lowest BCUT2D eigenvalue weighted by atomic mass is 10.1. The van der Waals surface area contributed by atoms with E-state index >= 15 is 0 Å². The Kier molecular flexibility index (Phi) is 6.47. The third kappa shape index (κ3) is 5.32. The standard InChI is InChI=1S/C14H27N3OS/c1-2-17-8-5-12(10-17)9-16-14(18)11-19-13-3-6-15-7-4-13/h12-13,15H,2-11H2,1H3,(H,16,18). The zero-order chi connectivity index (χ0) is 13.5. The quantitative estimate of drug-likeness (QED) is 0.762. The van der Waals surface area contributed by atoms with Gasteiger partial charge in [-0.15, -0.1) is 11.8 Å². The topological polar surface area (TPSA) is 44.4 Å². The number of hydrogen-bond donors (Lipinski definition) is 2. The Balaban J connectivity index is 1.54. The number of likely N-dealkylation sites (tertiary alicyclic amines) is 1. The number of rotatable bonds is 6. The smallest absolute Gasteiger partial charge is 0.230 e. The second-order valence-corrected chi connectivity index (χ2v) is 6.90. The van der Waals surface area contributed by atoms with Gasteiger partial charge in [0.05, 0.1) is 5.75 Å². The molecule has 0 aromatic carbocycles. The fourth-order valence-electron chi connectivity index (χ4n) is 2.83. The summed E-state index contributed by atoms with van der Waals surface area (Å²) in [6, 6.07) is 0. The van der Waals surface area contributed by atoms with Crippen molar-refractivity contribution in [1.29, 1.82) is 0 Å². The Morgan fingerprint density at radius 1 is 1.37 bits per heavy atom. The largest absolute Gasteiger partial charge is 0.355 e. The van der Waals surface area contributed by atoms with Crippen LogP contribution >= 0.6 is 11.8 Å². The number of nitrogens with zero attached hydrogens (tertiary/aromatic N) is 1. The van der Waals surface area contributed by atoms with E-state index in [1.165, 1.54) is 25.8 Å². The Morgan fingerprint density at radius 2 is 2.16 bits per heavy atom. The average molecular weight is 285 g/mol. The van der Waals surface area contributed by atoms with Crippen molar-refractivity contribution in [2.24, 2.45) is 5.92 Å². The lowest BCUT2D eigenvalue weighted by Crippen LogP contribution is -2.34. The van der Waals surface area contributed by atoms with Gasteiger partial charge in [0.15, 0.2) is 0 Å². The molecule has 0 radical (unpaired) electrons. The zero-order valence-electron chi connectivity index (χ0n) is 12.0. The van der Waals surface area contributed by atoms with Crippen LogP contribution in [0.4, 0.5) is 0 Å². The van der Waals surface area contributed by atoms with Crippen molar-refractivity contribution in [3.8, 4) is 0 Å². The molecule has 0 aromatic rings. The van der Waals surface area contributed by atoms with Gasteiger partial charge >= 0.3 is 0 Å². The normalized spacial score (nSPS) is 25.6. The molecule has 0 spiro atoms. The summed E-state index contributed by atoms with van der Waals surface area (Å²) in [5, 5.41) is 7.14. The molecule has 2 saturated heterocycles.